The Kier molecular flexibility index (Phi) is 8.17. The van der Waals surface area contributed by atoms with Crippen LogP contribution in [0.5, 0.6) is 0 Å². The van der Waals surface area contributed by atoms with Crippen molar-refractivity contribution in [3.63, 3.8) is 0 Å². The van der Waals surface area contributed by atoms with Gasteiger partial charge in [0.1, 0.15) is 0 Å². The highest BCUT2D eigenvalue weighted by atomic mass is 16.5. The van der Waals surface area contributed by atoms with Gasteiger partial charge in [-0.25, -0.2) is 4.79 Å². The number of unbranched alkanes of at least 4 members (excludes halogenated alkanes) is 1. The lowest BCUT2D eigenvalue weighted by Crippen LogP contribution is -2.24. The lowest BCUT2D eigenvalue weighted by molar-refractivity contribution is -0.139. The molecule has 4 nitrogen and oxygen atoms in total. The highest BCUT2D eigenvalue weighted by molar-refractivity contribution is 5.88. The summed E-state index contributed by atoms with van der Waals surface area (Å²) in [6, 6.07) is 0. The molecule has 0 aliphatic rings. The van der Waals surface area contributed by atoms with E-state index in [0.717, 1.165) is 12.8 Å². The number of nitrogens with one attached hydrogen (secondary N) is 1. The molecule has 0 fully saturated rings. The second-order valence-corrected chi connectivity index (χ2v) is 2.99. The fourth-order valence-electron chi connectivity index (χ4n) is 0.802. The van der Waals surface area contributed by atoms with Gasteiger partial charge in [0.2, 0.25) is 0 Å². The van der Waals surface area contributed by atoms with E-state index in [-0.39, 0.29) is 12.6 Å². The molecule has 14 heavy (non-hydrogen) atoms. The lowest BCUT2D eigenvalue weighted by atomic mass is 10.3. The molecule has 0 atom stereocenters. The largest absolute Gasteiger partial charge is 0.462 e. The van der Waals surface area contributed by atoms with Crippen LogP contribution in [0.15, 0.2) is 12.2 Å². The van der Waals surface area contributed by atoms with Crippen LogP contribution in [0.3, 0.4) is 0 Å². The first kappa shape index (κ1) is 13.1. The third kappa shape index (κ3) is 6.62. The standard InChI is InChI=1S/C10H19NO3/c1-3-4-7-14-10(13)9(2)8-11-5-6-12/h11-12H,2-8H2,1H3. The molecule has 4 heteroatoms. The number of aliphatic hydroxyl groups excluding tert-OH is 1. The van der Waals surface area contributed by atoms with E-state index in [1.54, 1.807) is 0 Å². The summed E-state index contributed by atoms with van der Waals surface area (Å²) in [5, 5.41) is 11.3. The molecule has 0 unspecified atom stereocenters. The van der Waals surface area contributed by atoms with Crippen LogP contribution in [0.2, 0.25) is 0 Å². The van der Waals surface area contributed by atoms with E-state index in [1.165, 1.54) is 0 Å². The van der Waals surface area contributed by atoms with Crippen LogP contribution >= 0.6 is 0 Å². The molecule has 0 aromatic carbocycles. The number of rotatable bonds is 8. The molecule has 0 radical (unpaired) electrons. The predicted molar refractivity (Wildman–Crippen MR) is 55.0 cm³/mol. The van der Waals surface area contributed by atoms with Crippen LogP contribution in [-0.2, 0) is 9.53 Å². The van der Waals surface area contributed by atoms with Crippen molar-refractivity contribution in [2.45, 2.75) is 19.8 Å². The van der Waals surface area contributed by atoms with Crippen molar-refractivity contribution in [3.05, 3.63) is 12.2 Å². The average Bonchev–Trinajstić information content (AvgIpc) is 2.18. The summed E-state index contributed by atoms with van der Waals surface area (Å²) < 4.78 is 4.93. The fraction of sp³-hybridized carbons (Fsp3) is 0.700. The Bertz CT molecular complexity index is 160. The van der Waals surface area contributed by atoms with Crippen molar-refractivity contribution in [2.75, 3.05) is 26.3 Å². The van der Waals surface area contributed by atoms with Crippen molar-refractivity contribution < 1.29 is 14.6 Å². The van der Waals surface area contributed by atoms with Crippen LogP contribution in [0.1, 0.15) is 19.8 Å². The van der Waals surface area contributed by atoms with Crippen molar-refractivity contribution in [1.29, 1.82) is 0 Å². The van der Waals surface area contributed by atoms with Gasteiger partial charge < -0.3 is 15.2 Å². The monoisotopic (exact) mass is 201 g/mol. The molecule has 0 saturated carbocycles. The summed E-state index contributed by atoms with van der Waals surface area (Å²) in [6.45, 7) is 6.95. The molecule has 0 aromatic rings. The summed E-state index contributed by atoms with van der Waals surface area (Å²) in [5.41, 5.74) is 0.398. The molecule has 2 N–H and O–H groups in total. The number of hydrogen-bond donors (Lipinski definition) is 2. The molecule has 0 rings (SSSR count). The van der Waals surface area contributed by atoms with E-state index >= 15 is 0 Å². The van der Waals surface area contributed by atoms with Gasteiger partial charge in [-0.15, -0.1) is 0 Å². The molecule has 82 valence electrons. The van der Waals surface area contributed by atoms with E-state index < -0.39 is 0 Å². The van der Waals surface area contributed by atoms with E-state index in [1.807, 2.05) is 6.92 Å². The Labute approximate surface area is 85.0 Å². The van der Waals surface area contributed by atoms with Crippen LogP contribution in [0.25, 0.3) is 0 Å². The fourth-order valence-corrected chi connectivity index (χ4v) is 0.802. The van der Waals surface area contributed by atoms with Crippen LogP contribution in [-0.4, -0.2) is 37.4 Å². The van der Waals surface area contributed by atoms with Crippen molar-refractivity contribution >= 4 is 5.97 Å². The molecular formula is C10H19NO3. The smallest absolute Gasteiger partial charge is 0.334 e. The normalized spacial score (nSPS) is 9.86. The summed E-state index contributed by atoms with van der Waals surface area (Å²) >= 11 is 0. The van der Waals surface area contributed by atoms with E-state index in [2.05, 4.69) is 11.9 Å². The molecule has 0 heterocycles. The quantitative estimate of drug-likeness (QED) is 0.340. The van der Waals surface area contributed by atoms with Gasteiger partial charge in [-0.05, 0) is 6.42 Å². The summed E-state index contributed by atoms with van der Waals surface area (Å²) in [4.78, 5) is 11.2. The number of ether oxygens (including phenoxy) is 1. The number of carbonyl (C=O) groups excluding carboxylic acids is 1. The third-order valence-electron chi connectivity index (χ3n) is 1.65. The van der Waals surface area contributed by atoms with E-state index in [4.69, 9.17) is 9.84 Å². The Morgan fingerprint density at radius 2 is 2.29 bits per heavy atom. The first-order chi connectivity index (χ1) is 6.72. The van der Waals surface area contributed by atoms with Gasteiger partial charge in [-0.1, -0.05) is 19.9 Å². The van der Waals surface area contributed by atoms with Gasteiger partial charge >= 0.3 is 5.97 Å². The Balaban J connectivity index is 3.50. The number of carbonyl (C=O) groups is 1. The van der Waals surface area contributed by atoms with Crippen LogP contribution < -0.4 is 5.32 Å². The van der Waals surface area contributed by atoms with Gasteiger partial charge in [0.25, 0.3) is 0 Å². The van der Waals surface area contributed by atoms with Crippen molar-refractivity contribution in [2.24, 2.45) is 0 Å². The maximum atomic E-state index is 11.2. The van der Waals surface area contributed by atoms with Gasteiger partial charge in [0, 0.05) is 18.7 Å². The molecule has 0 aliphatic heterocycles. The zero-order chi connectivity index (χ0) is 10.8. The first-order valence-corrected chi connectivity index (χ1v) is 4.88. The molecule has 0 amide bonds. The molecule has 0 saturated heterocycles. The zero-order valence-corrected chi connectivity index (χ0v) is 8.71. The minimum atomic E-state index is -0.358. The number of hydrogen-bond acceptors (Lipinski definition) is 4. The second-order valence-electron chi connectivity index (χ2n) is 2.99. The Morgan fingerprint density at radius 1 is 1.57 bits per heavy atom. The second kappa shape index (κ2) is 8.72. The number of esters is 1. The third-order valence-corrected chi connectivity index (χ3v) is 1.65. The Morgan fingerprint density at radius 3 is 2.86 bits per heavy atom. The predicted octanol–water partition coefficient (Wildman–Crippen LogP) is 0.468. The minimum absolute atomic E-state index is 0.0537. The first-order valence-electron chi connectivity index (χ1n) is 4.88. The molecule has 0 aliphatic carbocycles. The van der Waals surface area contributed by atoms with Gasteiger partial charge in [-0.2, -0.15) is 0 Å². The average molecular weight is 201 g/mol. The minimum Gasteiger partial charge on any atom is -0.462 e. The maximum Gasteiger partial charge on any atom is 0.334 e. The SMILES string of the molecule is C=C(CNCCO)C(=O)OCCCC. The van der Waals surface area contributed by atoms with E-state index in [0.29, 0.717) is 25.3 Å². The van der Waals surface area contributed by atoms with Crippen LogP contribution in [0, 0.1) is 0 Å². The lowest BCUT2D eigenvalue weighted by Gasteiger charge is -2.06. The topological polar surface area (TPSA) is 58.6 Å². The van der Waals surface area contributed by atoms with Crippen molar-refractivity contribution in [3.8, 4) is 0 Å². The van der Waals surface area contributed by atoms with Gasteiger partial charge in [0.15, 0.2) is 0 Å². The molecule has 0 aromatic heterocycles. The van der Waals surface area contributed by atoms with Gasteiger partial charge in [0.05, 0.1) is 13.2 Å². The Hall–Kier alpha value is -0.870. The van der Waals surface area contributed by atoms with Crippen molar-refractivity contribution in [1.82, 2.24) is 5.32 Å². The molecule has 0 spiro atoms. The summed E-state index contributed by atoms with van der Waals surface area (Å²) in [6.07, 6.45) is 1.88. The zero-order valence-electron chi connectivity index (χ0n) is 8.71. The number of aliphatic hydroxyl groups is 1. The van der Waals surface area contributed by atoms with Crippen LogP contribution in [0.4, 0.5) is 0 Å². The molecular weight excluding hydrogens is 182 g/mol. The highest BCUT2D eigenvalue weighted by Gasteiger charge is 2.06. The summed E-state index contributed by atoms with van der Waals surface area (Å²) in [5.74, 6) is -0.358. The maximum absolute atomic E-state index is 11.2. The van der Waals surface area contributed by atoms with Gasteiger partial charge in [-0.3, -0.25) is 0 Å². The van der Waals surface area contributed by atoms with E-state index in [9.17, 15) is 4.79 Å². The summed E-state index contributed by atoms with van der Waals surface area (Å²) in [7, 11) is 0. The molecule has 0 bridgehead atoms. The highest BCUT2D eigenvalue weighted by Crippen LogP contribution is 1.95.